The number of carbonyl (C=O) groups is 1. The Morgan fingerprint density at radius 2 is 1.64 bits per heavy atom. The quantitative estimate of drug-likeness (QED) is 0.408. The first-order chi connectivity index (χ1) is 13.3. The molecule has 160 valence electrons. The summed E-state index contributed by atoms with van der Waals surface area (Å²) in [7, 11) is 0. The normalized spacial score (nSPS) is 48.5. The van der Waals surface area contributed by atoms with Crippen LogP contribution in [-0.2, 0) is 14.3 Å². The van der Waals surface area contributed by atoms with Gasteiger partial charge in [0.05, 0.1) is 19.1 Å². The van der Waals surface area contributed by atoms with E-state index < -0.39 is 43.2 Å². The highest BCUT2D eigenvalue weighted by Crippen LogP contribution is 2.55. The lowest BCUT2D eigenvalue weighted by Gasteiger charge is -2.57. The molecule has 4 bridgehead atoms. The van der Waals surface area contributed by atoms with Gasteiger partial charge in [0, 0.05) is 5.54 Å². The Balaban J connectivity index is 1.30. The summed E-state index contributed by atoms with van der Waals surface area (Å²) in [4.78, 5) is 12.8. The van der Waals surface area contributed by atoms with Gasteiger partial charge in [0.15, 0.2) is 6.29 Å². The van der Waals surface area contributed by atoms with Crippen LogP contribution >= 0.6 is 0 Å². The summed E-state index contributed by atoms with van der Waals surface area (Å²) in [5.74, 6) is 1.72. The van der Waals surface area contributed by atoms with E-state index in [1.165, 1.54) is 19.3 Å². The topological polar surface area (TPSA) is 128 Å². The van der Waals surface area contributed by atoms with Crippen molar-refractivity contribution in [2.75, 3.05) is 13.2 Å². The zero-order chi connectivity index (χ0) is 20.1. The summed E-state index contributed by atoms with van der Waals surface area (Å²) in [6.07, 6.45) is 0.590. The lowest BCUT2D eigenvalue weighted by Crippen LogP contribution is -2.61. The number of hydrogen-bond acceptors (Lipinski definition) is 7. The number of rotatable bonds is 6. The van der Waals surface area contributed by atoms with Crippen molar-refractivity contribution in [2.45, 2.75) is 81.7 Å². The molecular formula is C20H33NO7. The number of carbonyl (C=O) groups excluding carboxylic acids is 1. The fourth-order valence-corrected chi connectivity index (χ4v) is 6.17. The van der Waals surface area contributed by atoms with Gasteiger partial charge in [-0.15, -0.1) is 0 Å². The maximum absolute atomic E-state index is 12.8. The predicted molar refractivity (Wildman–Crippen MR) is 97.9 cm³/mol. The Hall–Kier alpha value is -0.770. The summed E-state index contributed by atoms with van der Waals surface area (Å²) in [5.41, 5.74) is -0.0662. The van der Waals surface area contributed by atoms with Crippen molar-refractivity contribution < 1.29 is 34.7 Å². The van der Waals surface area contributed by atoms with E-state index >= 15 is 0 Å². The summed E-state index contributed by atoms with van der Waals surface area (Å²) < 4.78 is 10.9. The molecule has 5 N–H and O–H groups in total. The molecule has 5 rings (SSSR count). The molecule has 4 aliphatic carbocycles. The second-order valence-corrected chi connectivity index (χ2v) is 9.62. The van der Waals surface area contributed by atoms with Crippen LogP contribution in [0.25, 0.3) is 0 Å². The van der Waals surface area contributed by atoms with Gasteiger partial charge in [-0.3, -0.25) is 4.79 Å². The summed E-state index contributed by atoms with van der Waals surface area (Å²) >= 11 is 0. The van der Waals surface area contributed by atoms with E-state index in [-0.39, 0.29) is 18.1 Å². The van der Waals surface area contributed by atoms with Gasteiger partial charge < -0.3 is 35.2 Å². The van der Waals surface area contributed by atoms with Crippen molar-refractivity contribution in [2.24, 2.45) is 23.7 Å². The fraction of sp³-hybridized carbons (Fsp3) is 0.950. The molecule has 5 aliphatic rings. The third-order valence-corrected chi connectivity index (χ3v) is 7.23. The van der Waals surface area contributed by atoms with Crippen LogP contribution in [0, 0.1) is 23.7 Å². The molecule has 0 aromatic carbocycles. The predicted octanol–water partition coefficient (Wildman–Crippen LogP) is -0.476. The lowest BCUT2D eigenvalue weighted by molar-refractivity contribution is -0.302. The third-order valence-electron chi connectivity index (χ3n) is 7.23. The Bertz CT molecular complexity index is 548. The van der Waals surface area contributed by atoms with Crippen molar-refractivity contribution in [3.63, 3.8) is 0 Å². The molecule has 5 fully saturated rings. The molecule has 8 nitrogen and oxygen atoms in total. The van der Waals surface area contributed by atoms with Gasteiger partial charge in [-0.25, -0.2) is 0 Å². The average Bonchev–Trinajstić information content (AvgIpc) is 2.64. The molecular weight excluding hydrogens is 366 g/mol. The summed E-state index contributed by atoms with van der Waals surface area (Å²) in [6.45, 7) is 1.27. The molecule has 0 unspecified atom stereocenters. The van der Waals surface area contributed by atoms with Crippen LogP contribution in [0.15, 0.2) is 0 Å². The molecule has 28 heavy (non-hydrogen) atoms. The zero-order valence-electron chi connectivity index (χ0n) is 16.4. The van der Waals surface area contributed by atoms with Crippen LogP contribution in [0.4, 0.5) is 0 Å². The number of aliphatic hydroxyl groups excluding tert-OH is 4. The molecule has 1 aliphatic heterocycles. The van der Waals surface area contributed by atoms with Crippen molar-refractivity contribution in [1.82, 2.24) is 5.32 Å². The van der Waals surface area contributed by atoms with Crippen molar-refractivity contribution >= 4 is 5.91 Å². The van der Waals surface area contributed by atoms with Crippen molar-refractivity contribution in [3.8, 4) is 0 Å². The number of hydrogen-bond donors (Lipinski definition) is 5. The van der Waals surface area contributed by atoms with E-state index in [4.69, 9.17) is 9.47 Å². The highest BCUT2D eigenvalue weighted by Gasteiger charge is 2.52. The number of aliphatic hydroxyl groups is 4. The lowest BCUT2D eigenvalue weighted by atomic mass is 9.53. The Morgan fingerprint density at radius 3 is 2.18 bits per heavy atom. The van der Waals surface area contributed by atoms with E-state index in [1.54, 1.807) is 6.92 Å². The molecule has 0 aromatic rings. The second kappa shape index (κ2) is 7.81. The second-order valence-electron chi connectivity index (χ2n) is 9.62. The van der Waals surface area contributed by atoms with Gasteiger partial charge in [-0.2, -0.15) is 0 Å². The fourth-order valence-electron chi connectivity index (χ4n) is 6.17. The van der Waals surface area contributed by atoms with E-state index in [1.807, 2.05) is 0 Å². The minimum absolute atomic E-state index is 0.0148. The molecule has 1 heterocycles. The first kappa shape index (κ1) is 20.5. The average molecular weight is 399 g/mol. The number of nitrogens with one attached hydrogen (secondary N) is 1. The van der Waals surface area contributed by atoms with Gasteiger partial charge in [0.1, 0.15) is 24.4 Å². The molecule has 1 saturated heterocycles. The number of amides is 1. The molecule has 4 saturated carbocycles. The molecule has 8 heteroatoms. The maximum Gasteiger partial charge on any atom is 0.225 e. The van der Waals surface area contributed by atoms with Crippen LogP contribution in [0.5, 0.6) is 0 Å². The van der Waals surface area contributed by atoms with Crippen LogP contribution in [0.3, 0.4) is 0 Å². The molecule has 1 amide bonds. The van der Waals surface area contributed by atoms with E-state index in [2.05, 4.69) is 5.32 Å². The summed E-state index contributed by atoms with van der Waals surface area (Å²) in [6, 6.07) is 0. The molecule has 6 atom stereocenters. The van der Waals surface area contributed by atoms with Gasteiger partial charge in [0.2, 0.25) is 5.91 Å². The monoisotopic (exact) mass is 399 g/mol. The Kier molecular flexibility index (Phi) is 5.72. The summed E-state index contributed by atoms with van der Waals surface area (Å²) in [5, 5.41) is 42.2. The van der Waals surface area contributed by atoms with E-state index in [0.717, 1.165) is 37.0 Å². The van der Waals surface area contributed by atoms with Crippen molar-refractivity contribution in [3.05, 3.63) is 0 Å². The van der Waals surface area contributed by atoms with Crippen molar-refractivity contribution in [1.29, 1.82) is 0 Å². The minimum atomic E-state index is -1.48. The third kappa shape index (κ3) is 3.82. The van der Waals surface area contributed by atoms with E-state index in [9.17, 15) is 25.2 Å². The Morgan fingerprint density at radius 1 is 1.07 bits per heavy atom. The minimum Gasteiger partial charge on any atom is -0.394 e. The van der Waals surface area contributed by atoms with Gasteiger partial charge in [0.25, 0.3) is 0 Å². The highest BCUT2D eigenvalue weighted by molar-refractivity contribution is 5.79. The highest BCUT2D eigenvalue weighted by atomic mass is 16.7. The van der Waals surface area contributed by atoms with E-state index in [0.29, 0.717) is 0 Å². The number of ether oxygens (including phenoxy) is 2. The Labute approximate surface area is 165 Å². The van der Waals surface area contributed by atoms with Gasteiger partial charge in [-0.1, -0.05) is 6.92 Å². The molecule has 0 radical (unpaired) electrons. The first-order valence-corrected chi connectivity index (χ1v) is 10.5. The van der Waals surface area contributed by atoms with Gasteiger partial charge >= 0.3 is 0 Å². The molecule has 0 spiro atoms. The zero-order valence-corrected chi connectivity index (χ0v) is 16.4. The largest absolute Gasteiger partial charge is 0.394 e. The van der Waals surface area contributed by atoms with Crippen LogP contribution in [0.2, 0.25) is 0 Å². The van der Waals surface area contributed by atoms with Crippen LogP contribution in [-0.4, -0.2) is 75.8 Å². The smallest absolute Gasteiger partial charge is 0.225 e. The van der Waals surface area contributed by atoms with Gasteiger partial charge in [-0.05, 0) is 56.3 Å². The standard InChI is InChI=1S/C20H33NO7/c1-10(9-27-19-17(25)16(24)15(23)14(8-22)28-19)18(26)21-20-5-11-2-12(6-20)4-13(3-11)7-20/h10-17,19,22-25H,2-9H2,1H3,(H,21,26)/t10-,11?,12?,13?,14-,15-,16+,17+,19+,20?/m1/s1. The van der Waals surface area contributed by atoms with Crippen LogP contribution < -0.4 is 5.32 Å². The maximum atomic E-state index is 12.8. The first-order valence-electron chi connectivity index (χ1n) is 10.5. The molecule has 0 aromatic heterocycles. The van der Waals surface area contributed by atoms with Crippen LogP contribution in [0.1, 0.15) is 45.4 Å². The SMILES string of the molecule is C[C@H](CO[C@H]1O[C@H](CO)[C@@H](O)[C@H](O)[C@@H]1O)C(=O)NC12CC3CC(CC(C3)C1)C2.